The molecule has 1 heterocycles. The maximum atomic E-state index is 12.5. The smallest absolute Gasteiger partial charge is 0.322 e. The molecule has 132 valence electrons. The first-order chi connectivity index (χ1) is 11.2. The van der Waals surface area contributed by atoms with E-state index in [1.165, 1.54) is 19.1 Å². The highest BCUT2D eigenvalue weighted by molar-refractivity contribution is 7.89. The summed E-state index contributed by atoms with van der Waals surface area (Å²) >= 11 is 0. The van der Waals surface area contributed by atoms with Gasteiger partial charge in [0.15, 0.2) is 0 Å². The van der Waals surface area contributed by atoms with Gasteiger partial charge in [-0.2, -0.15) is 4.72 Å². The highest BCUT2D eigenvalue weighted by Crippen LogP contribution is 2.30. The van der Waals surface area contributed by atoms with E-state index < -0.39 is 22.0 Å². The fourth-order valence-electron chi connectivity index (χ4n) is 2.75. The Morgan fingerprint density at radius 2 is 2.04 bits per heavy atom. The van der Waals surface area contributed by atoms with Crippen molar-refractivity contribution in [3.63, 3.8) is 0 Å². The monoisotopic (exact) mass is 354 g/mol. The number of hydrogen-bond acceptors (Lipinski definition) is 4. The van der Waals surface area contributed by atoms with E-state index in [2.05, 4.69) is 4.72 Å². The van der Waals surface area contributed by atoms with Gasteiger partial charge in [0.1, 0.15) is 6.04 Å². The number of aliphatic carboxylic acids is 1. The number of benzene rings is 1. The zero-order chi connectivity index (χ0) is 18.1. The predicted octanol–water partition coefficient (Wildman–Crippen LogP) is 1.37. The number of anilines is 1. The van der Waals surface area contributed by atoms with E-state index in [0.717, 1.165) is 5.56 Å². The molecule has 0 fully saturated rings. The number of carbonyl (C=O) groups is 2. The minimum absolute atomic E-state index is 0.0150. The second-order valence-corrected chi connectivity index (χ2v) is 7.75. The van der Waals surface area contributed by atoms with Gasteiger partial charge in [0.2, 0.25) is 15.9 Å². The first kappa shape index (κ1) is 18.4. The highest BCUT2D eigenvalue weighted by Gasteiger charge is 2.30. The molecule has 1 aliphatic rings. The number of amides is 1. The third-order valence-corrected chi connectivity index (χ3v) is 5.84. The van der Waals surface area contributed by atoms with Crippen LogP contribution in [0.5, 0.6) is 0 Å². The van der Waals surface area contributed by atoms with Crippen molar-refractivity contribution in [2.75, 3.05) is 11.4 Å². The van der Waals surface area contributed by atoms with Crippen LogP contribution in [0.15, 0.2) is 23.1 Å². The van der Waals surface area contributed by atoms with Gasteiger partial charge in [-0.15, -0.1) is 0 Å². The van der Waals surface area contributed by atoms with Crippen LogP contribution in [-0.4, -0.2) is 38.0 Å². The molecule has 0 bridgehead atoms. The number of fused-ring (bicyclic) bond motifs is 1. The molecule has 0 aromatic heterocycles. The lowest BCUT2D eigenvalue weighted by molar-refractivity contribution is -0.140. The number of nitrogens with one attached hydrogen (secondary N) is 1. The molecule has 0 saturated carbocycles. The summed E-state index contributed by atoms with van der Waals surface area (Å²) in [6.07, 6.45) is 1.11. The molecule has 7 nitrogen and oxygen atoms in total. The van der Waals surface area contributed by atoms with Gasteiger partial charge in [-0.25, -0.2) is 8.42 Å². The first-order valence-electron chi connectivity index (χ1n) is 7.83. The maximum absolute atomic E-state index is 12.5. The fourth-order valence-corrected chi connectivity index (χ4v) is 4.10. The van der Waals surface area contributed by atoms with E-state index in [9.17, 15) is 23.1 Å². The summed E-state index contributed by atoms with van der Waals surface area (Å²) in [6, 6.07) is 3.33. The molecule has 2 rings (SSSR count). The topological polar surface area (TPSA) is 104 Å². The van der Waals surface area contributed by atoms with Crippen LogP contribution < -0.4 is 9.62 Å². The average molecular weight is 354 g/mol. The van der Waals surface area contributed by atoms with Crippen LogP contribution >= 0.6 is 0 Å². The van der Waals surface area contributed by atoms with Crippen molar-refractivity contribution in [2.45, 2.75) is 44.6 Å². The van der Waals surface area contributed by atoms with E-state index in [1.54, 1.807) is 24.8 Å². The molecule has 1 amide bonds. The van der Waals surface area contributed by atoms with Crippen molar-refractivity contribution in [1.29, 1.82) is 0 Å². The number of carboxylic acid groups (broad SMARTS) is 1. The summed E-state index contributed by atoms with van der Waals surface area (Å²) in [5.74, 6) is -1.62. The normalized spacial score (nSPS) is 16.5. The molecular formula is C16H22N2O5S. The van der Waals surface area contributed by atoms with Gasteiger partial charge in [-0.3, -0.25) is 9.59 Å². The van der Waals surface area contributed by atoms with Gasteiger partial charge in [-0.05, 0) is 36.1 Å². The molecule has 0 saturated heterocycles. The number of rotatable bonds is 6. The van der Waals surface area contributed by atoms with Crippen LogP contribution in [0.1, 0.15) is 32.8 Å². The Bertz CT molecular complexity index is 760. The van der Waals surface area contributed by atoms with Gasteiger partial charge >= 0.3 is 5.97 Å². The summed E-state index contributed by atoms with van der Waals surface area (Å²) in [4.78, 5) is 24.5. The van der Waals surface area contributed by atoms with E-state index in [4.69, 9.17) is 0 Å². The summed E-state index contributed by atoms with van der Waals surface area (Å²) in [7, 11) is -3.95. The van der Waals surface area contributed by atoms with Crippen molar-refractivity contribution < 1.29 is 23.1 Å². The molecule has 0 unspecified atom stereocenters. The van der Waals surface area contributed by atoms with E-state index in [-0.39, 0.29) is 16.7 Å². The molecule has 24 heavy (non-hydrogen) atoms. The molecule has 1 aromatic rings. The Morgan fingerprint density at radius 1 is 1.38 bits per heavy atom. The number of hydrogen-bond donors (Lipinski definition) is 2. The molecule has 0 spiro atoms. The van der Waals surface area contributed by atoms with Gasteiger partial charge in [0.05, 0.1) is 4.90 Å². The molecule has 0 aliphatic carbocycles. The van der Waals surface area contributed by atoms with Crippen LogP contribution in [0.2, 0.25) is 0 Å². The van der Waals surface area contributed by atoms with Crippen LogP contribution in [0, 0.1) is 5.92 Å². The van der Waals surface area contributed by atoms with E-state index >= 15 is 0 Å². The lowest BCUT2D eigenvalue weighted by Gasteiger charge is -2.20. The van der Waals surface area contributed by atoms with Gasteiger partial charge in [0, 0.05) is 19.2 Å². The largest absolute Gasteiger partial charge is 0.480 e. The molecule has 1 aromatic carbocycles. The van der Waals surface area contributed by atoms with E-state index in [1.807, 2.05) is 0 Å². The molecule has 2 N–H and O–H groups in total. The first-order valence-corrected chi connectivity index (χ1v) is 9.32. The molecule has 8 heteroatoms. The summed E-state index contributed by atoms with van der Waals surface area (Å²) < 4.78 is 27.3. The summed E-state index contributed by atoms with van der Waals surface area (Å²) in [5.41, 5.74) is 1.47. The zero-order valence-electron chi connectivity index (χ0n) is 13.9. The fraction of sp³-hybridized carbons (Fsp3) is 0.500. The van der Waals surface area contributed by atoms with Crippen LogP contribution in [0.25, 0.3) is 0 Å². The van der Waals surface area contributed by atoms with E-state index in [0.29, 0.717) is 25.1 Å². The SMILES string of the molecule is CC[C@H](C)[C@H](NS(=O)(=O)c1ccc2c(c1)CCN2C(C)=O)C(=O)O. The minimum Gasteiger partial charge on any atom is -0.480 e. The lowest BCUT2D eigenvalue weighted by atomic mass is 10.0. The van der Waals surface area contributed by atoms with Crippen LogP contribution in [-0.2, 0) is 26.0 Å². The van der Waals surface area contributed by atoms with Crippen LogP contribution in [0.4, 0.5) is 5.69 Å². The Morgan fingerprint density at radius 3 is 2.58 bits per heavy atom. The summed E-state index contributed by atoms with van der Waals surface area (Å²) in [6.45, 7) is 5.48. The Balaban J connectivity index is 2.31. The zero-order valence-corrected chi connectivity index (χ0v) is 14.8. The predicted molar refractivity (Wildman–Crippen MR) is 89.4 cm³/mol. The number of carbonyl (C=O) groups excluding carboxylic acids is 1. The number of sulfonamides is 1. The molecule has 1 aliphatic heterocycles. The van der Waals surface area contributed by atoms with Crippen molar-refractivity contribution >= 4 is 27.6 Å². The second kappa shape index (κ2) is 6.90. The molecule has 2 atom stereocenters. The number of nitrogens with zero attached hydrogens (tertiary/aromatic N) is 1. The lowest BCUT2D eigenvalue weighted by Crippen LogP contribution is -2.44. The van der Waals surface area contributed by atoms with Gasteiger partial charge in [0.25, 0.3) is 0 Å². The maximum Gasteiger partial charge on any atom is 0.322 e. The quantitative estimate of drug-likeness (QED) is 0.803. The number of carboxylic acids is 1. The van der Waals surface area contributed by atoms with Crippen molar-refractivity contribution in [3.05, 3.63) is 23.8 Å². The Kier molecular flexibility index (Phi) is 5.29. The van der Waals surface area contributed by atoms with Crippen molar-refractivity contribution in [1.82, 2.24) is 4.72 Å². The Labute approximate surface area is 141 Å². The standard InChI is InChI=1S/C16H22N2O5S/c1-4-10(2)15(16(20)21)17-24(22,23)13-5-6-14-12(9-13)7-8-18(14)11(3)19/h5-6,9-10,15,17H,4,7-8H2,1-3H3,(H,20,21)/t10-,15-/m0/s1. The van der Waals surface area contributed by atoms with Crippen molar-refractivity contribution in [2.24, 2.45) is 5.92 Å². The average Bonchev–Trinajstić information content (AvgIpc) is 2.95. The Hall–Kier alpha value is -1.93. The minimum atomic E-state index is -3.95. The van der Waals surface area contributed by atoms with Gasteiger partial charge in [-0.1, -0.05) is 20.3 Å². The third kappa shape index (κ3) is 3.59. The molecular weight excluding hydrogens is 332 g/mol. The summed E-state index contributed by atoms with van der Waals surface area (Å²) in [5, 5.41) is 9.26. The molecule has 0 radical (unpaired) electrons. The van der Waals surface area contributed by atoms with Crippen molar-refractivity contribution in [3.8, 4) is 0 Å². The van der Waals surface area contributed by atoms with Crippen LogP contribution in [0.3, 0.4) is 0 Å². The highest BCUT2D eigenvalue weighted by atomic mass is 32.2. The third-order valence-electron chi connectivity index (χ3n) is 4.40. The second-order valence-electron chi connectivity index (χ2n) is 6.03. The van der Waals surface area contributed by atoms with Gasteiger partial charge < -0.3 is 10.0 Å².